The molecular weight excluding hydrogens is 194 g/mol. The molecule has 82 valence electrons. The van der Waals surface area contributed by atoms with Crippen molar-refractivity contribution in [3.05, 3.63) is 11.3 Å². The second-order valence-corrected chi connectivity index (χ2v) is 3.73. The molecule has 0 amide bonds. The Labute approximate surface area is 88.1 Å². The maximum Gasteiger partial charge on any atom is 0.356 e. The number of aryl methyl sites for hydroxylation is 1. The fourth-order valence-corrected chi connectivity index (χ4v) is 1.95. The molecule has 2 rings (SSSR count). The Morgan fingerprint density at radius 2 is 2.47 bits per heavy atom. The first-order chi connectivity index (χ1) is 7.24. The Morgan fingerprint density at radius 1 is 1.67 bits per heavy atom. The van der Waals surface area contributed by atoms with E-state index in [2.05, 4.69) is 10.4 Å². The van der Waals surface area contributed by atoms with E-state index in [1.807, 2.05) is 6.92 Å². The number of fused-ring (bicyclic) bond motifs is 1. The third-order valence-corrected chi connectivity index (χ3v) is 2.59. The minimum Gasteiger partial charge on any atom is -0.476 e. The molecule has 2 N–H and O–H groups in total. The van der Waals surface area contributed by atoms with Crippen LogP contribution in [0.4, 0.5) is 5.82 Å². The first-order valence-electron chi connectivity index (χ1n) is 5.31. The zero-order valence-corrected chi connectivity index (χ0v) is 8.79. The lowest BCUT2D eigenvalue weighted by Crippen LogP contribution is -2.18. The SMILES string of the molecule is CCCc1c(C(=O)O)nn2c1NCCC2. The van der Waals surface area contributed by atoms with Gasteiger partial charge in [0.15, 0.2) is 5.69 Å². The number of aromatic carboxylic acids is 1. The number of carboxylic acid groups (broad SMARTS) is 1. The molecule has 5 nitrogen and oxygen atoms in total. The topological polar surface area (TPSA) is 67.1 Å². The lowest BCUT2D eigenvalue weighted by molar-refractivity contribution is 0.0688. The van der Waals surface area contributed by atoms with Crippen LogP contribution in [0.2, 0.25) is 0 Å². The molecule has 1 aromatic heterocycles. The van der Waals surface area contributed by atoms with Crippen molar-refractivity contribution in [1.29, 1.82) is 0 Å². The van der Waals surface area contributed by atoms with E-state index in [1.54, 1.807) is 4.68 Å². The fraction of sp³-hybridized carbons (Fsp3) is 0.600. The molecule has 5 heteroatoms. The molecule has 15 heavy (non-hydrogen) atoms. The average Bonchev–Trinajstić information content (AvgIpc) is 2.58. The fourth-order valence-electron chi connectivity index (χ4n) is 1.95. The van der Waals surface area contributed by atoms with Gasteiger partial charge in [0.2, 0.25) is 0 Å². The second-order valence-electron chi connectivity index (χ2n) is 3.73. The summed E-state index contributed by atoms with van der Waals surface area (Å²) in [6, 6.07) is 0. The summed E-state index contributed by atoms with van der Waals surface area (Å²) in [6.07, 6.45) is 2.70. The molecule has 0 unspecified atom stereocenters. The summed E-state index contributed by atoms with van der Waals surface area (Å²) in [5, 5.41) is 16.4. The molecule has 0 spiro atoms. The molecule has 0 atom stereocenters. The van der Waals surface area contributed by atoms with Crippen molar-refractivity contribution in [3.63, 3.8) is 0 Å². The standard InChI is InChI=1S/C10H15N3O2/c1-2-4-7-8(10(14)15)12-13-6-3-5-11-9(7)13/h11H,2-6H2,1H3,(H,14,15). The lowest BCUT2D eigenvalue weighted by atomic mass is 10.1. The number of carbonyl (C=O) groups is 1. The van der Waals surface area contributed by atoms with Crippen molar-refractivity contribution in [1.82, 2.24) is 9.78 Å². The van der Waals surface area contributed by atoms with Crippen LogP contribution in [0.5, 0.6) is 0 Å². The zero-order valence-electron chi connectivity index (χ0n) is 8.79. The maximum absolute atomic E-state index is 11.0. The normalized spacial score (nSPS) is 14.5. The Morgan fingerprint density at radius 3 is 3.13 bits per heavy atom. The van der Waals surface area contributed by atoms with E-state index in [1.165, 1.54) is 0 Å². The van der Waals surface area contributed by atoms with Crippen molar-refractivity contribution in [2.45, 2.75) is 32.7 Å². The molecular formula is C10H15N3O2. The number of hydrogen-bond donors (Lipinski definition) is 2. The van der Waals surface area contributed by atoms with Crippen molar-refractivity contribution in [3.8, 4) is 0 Å². The molecule has 0 aliphatic carbocycles. The summed E-state index contributed by atoms with van der Waals surface area (Å²) in [4.78, 5) is 11.0. The Kier molecular flexibility index (Phi) is 2.62. The van der Waals surface area contributed by atoms with Crippen molar-refractivity contribution < 1.29 is 9.90 Å². The molecule has 0 saturated carbocycles. The number of rotatable bonds is 3. The third kappa shape index (κ3) is 1.69. The maximum atomic E-state index is 11.0. The van der Waals surface area contributed by atoms with Gasteiger partial charge in [0.1, 0.15) is 5.82 Å². The smallest absolute Gasteiger partial charge is 0.356 e. The quantitative estimate of drug-likeness (QED) is 0.788. The second kappa shape index (κ2) is 3.92. The van der Waals surface area contributed by atoms with Gasteiger partial charge in [-0.25, -0.2) is 9.48 Å². The van der Waals surface area contributed by atoms with Gasteiger partial charge in [-0.15, -0.1) is 0 Å². The van der Waals surface area contributed by atoms with Gasteiger partial charge >= 0.3 is 5.97 Å². The molecule has 0 aromatic carbocycles. The predicted molar refractivity (Wildman–Crippen MR) is 56.3 cm³/mol. The van der Waals surface area contributed by atoms with Crippen LogP contribution in [-0.4, -0.2) is 27.4 Å². The molecule has 1 aliphatic rings. The van der Waals surface area contributed by atoms with Gasteiger partial charge in [0.25, 0.3) is 0 Å². The van der Waals surface area contributed by atoms with E-state index in [-0.39, 0.29) is 5.69 Å². The van der Waals surface area contributed by atoms with E-state index < -0.39 is 5.97 Å². The van der Waals surface area contributed by atoms with Crippen LogP contribution in [0.1, 0.15) is 35.8 Å². The monoisotopic (exact) mass is 209 g/mol. The van der Waals surface area contributed by atoms with Crippen molar-refractivity contribution in [2.24, 2.45) is 0 Å². The summed E-state index contributed by atoms with van der Waals surface area (Å²) >= 11 is 0. The zero-order chi connectivity index (χ0) is 10.8. The van der Waals surface area contributed by atoms with Gasteiger partial charge in [0, 0.05) is 18.7 Å². The molecule has 0 fully saturated rings. The van der Waals surface area contributed by atoms with Crippen LogP contribution in [-0.2, 0) is 13.0 Å². The summed E-state index contributed by atoms with van der Waals surface area (Å²) < 4.78 is 1.78. The molecule has 0 saturated heterocycles. The van der Waals surface area contributed by atoms with Crippen molar-refractivity contribution in [2.75, 3.05) is 11.9 Å². The van der Waals surface area contributed by atoms with Gasteiger partial charge in [-0.1, -0.05) is 13.3 Å². The Bertz CT molecular complexity index is 384. The highest BCUT2D eigenvalue weighted by molar-refractivity contribution is 5.89. The van der Waals surface area contributed by atoms with E-state index >= 15 is 0 Å². The highest BCUT2D eigenvalue weighted by Crippen LogP contribution is 2.24. The summed E-state index contributed by atoms with van der Waals surface area (Å²) in [6.45, 7) is 3.76. The lowest BCUT2D eigenvalue weighted by Gasteiger charge is -2.16. The van der Waals surface area contributed by atoms with Gasteiger partial charge in [-0.3, -0.25) is 0 Å². The number of carboxylic acids is 1. The highest BCUT2D eigenvalue weighted by atomic mass is 16.4. The number of nitrogens with one attached hydrogen (secondary N) is 1. The minimum absolute atomic E-state index is 0.209. The van der Waals surface area contributed by atoms with Crippen LogP contribution in [0, 0.1) is 0 Å². The number of hydrogen-bond acceptors (Lipinski definition) is 3. The van der Waals surface area contributed by atoms with E-state index in [4.69, 9.17) is 5.11 Å². The predicted octanol–water partition coefficient (Wildman–Crippen LogP) is 1.35. The molecule has 0 bridgehead atoms. The summed E-state index contributed by atoms with van der Waals surface area (Å²) in [5.74, 6) is -0.0253. The Balaban J connectivity index is 2.45. The average molecular weight is 209 g/mol. The van der Waals surface area contributed by atoms with Crippen molar-refractivity contribution >= 4 is 11.8 Å². The molecule has 1 aromatic rings. The van der Waals surface area contributed by atoms with Gasteiger partial charge in [0.05, 0.1) is 0 Å². The van der Waals surface area contributed by atoms with Gasteiger partial charge in [-0.05, 0) is 12.8 Å². The van der Waals surface area contributed by atoms with Gasteiger partial charge in [-0.2, -0.15) is 5.10 Å². The number of aromatic nitrogens is 2. The van der Waals surface area contributed by atoms with E-state index in [9.17, 15) is 4.79 Å². The minimum atomic E-state index is -0.929. The summed E-state index contributed by atoms with van der Waals surface area (Å²) in [7, 11) is 0. The first-order valence-corrected chi connectivity index (χ1v) is 5.31. The first kappa shape index (κ1) is 10.0. The van der Waals surface area contributed by atoms with Crippen LogP contribution in [0.3, 0.4) is 0 Å². The van der Waals surface area contributed by atoms with Gasteiger partial charge < -0.3 is 10.4 Å². The van der Waals surface area contributed by atoms with E-state index in [0.717, 1.165) is 43.7 Å². The van der Waals surface area contributed by atoms with Crippen LogP contribution < -0.4 is 5.32 Å². The molecule has 1 aliphatic heterocycles. The largest absolute Gasteiger partial charge is 0.476 e. The summed E-state index contributed by atoms with van der Waals surface area (Å²) in [5.41, 5.74) is 1.06. The Hall–Kier alpha value is -1.52. The van der Waals surface area contributed by atoms with E-state index in [0.29, 0.717) is 0 Å². The number of anilines is 1. The molecule has 2 heterocycles. The van der Waals surface area contributed by atoms with Crippen LogP contribution in [0.25, 0.3) is 0 Å². The molecule has 0 radical (unpaired) electrons. The van der Waals surface area contributed by atoms with Crippen LogP contribution >= 0.6 is 0 Å². The number of nitrogens with zero attached hydrogens (tertiary/aromatic N) is 2. The van der Waals surface area contributed by atoms with Crippen LogP contribution in [0.15, 0.2) is 0 Å². The highest BCUT2D eigenvalue weighted by Gasteiger charge is 2.23. The third-order valence-electron chi connectivity index (χ3n) is 2.59.